The van der Waals surface area contributed by atoms with Gasteiger partial charge < -0.3 is 9.64 Å². The lowest BCUT2D eigenvalue weighted by Crippen LogP contribution is -2.38. The lowest BCUT2D eigenvalue weighted by molar-refractivity contribution is -0.141. The van der Waals surface area contributed by atoms with Gasteiger partial charge in [-0.15, -0.1) is 0 Å². The molecule has 26 heavy (non-hydrogen) atoms. The van der Waals surface area contributed by atoms with Gasteiger partial charge in [-0.25, -0.2) is 9.97 Å². The molecule has 0 aromatic carbocycles. The van der Waals surface area contributed by atoms with Gasteiger partial charge in [0.05, 0.1) is 6.61 Å². The number of halogens is 3. The van der Waals surface area contributed by atoms with Gasteiger partial charge in [-0.3, -0.25) is 4.98 Å². The maximum Gasteiger partial charge on any atom is 0.433 e. The summed E-state index contributed by atoms with van der Waals surface area (Å²) in [7, 11) is 0. The van der Waals surface area contributed by atoms with Gasteiger partial charge in [-0.2, -0.15) is 13.2 Å². The number of pyridine rings is 1. The Hall–Kier alpha value is -2.38. The first-order chi connectivity index (χ1) is 12.5. The number of anilines is 1. The number of aromatic nitrogens is 3. The van der Waals surface area contributed by atoms with E-state index in [9.17, 15) is 13.2 Å². The molecular weight excluding hydrogens is 345 g/mol. The van der Waals surface area contributed by atoms with Gasteiger partial charge in [0.25, 0.3) is 0 Å². The van der Waals surface area contributed by atoms with Crippen molar-refractivity contribution in [1.82, 2.24) is 15.0 Å². The van der Waals surface area contributed by atoms with Crippen LogP contribution in [0.5, 0.6) is 5.75 Å². The number of hydrogen-bond acceptors (Lipinski definition) is 5. The van der Waals surface area contributed by atoms with Crippen molar-refractivity contribution in [3.63, 3.8) is 0 Å². The van der Waals surface area contributed by atoms with Gasteiger partial charge in [0, 0.05) is 43.0 Å². The van der Waals surface area contributed by atoms with Crippen LogP contribution in [0.15, 0.2) is 30.7 Å². The molecule has 1 atom stereocenters. The van der Waals surface area contributed by atoms with Crippen LogP contribution in [0.3, 0.4) is 0 Å². The first-order valence-electron chi connectivity index (χ1n) is 8.67. The summed E-state index contributed by atoms with van der Waals surface area (Å²) in [5.41, 5.74) is 0.0539. The van der Waals surface area contributed by atoms with E-state index in [4.69, 9.17) is 4.74 Å². The normalized spacial score (nSPS) is 18.0. The summed E-state index contributed by atoms with van der Waals surface area (Å²) in [4.78, 5) is 14.1. The molecule has 0 saturated carbocycles. The third-order valence-electron chi connectivity index (χ3n) is 4.42. The summed E-state index contributed by atoms with van der Waals surface area (Å²) < 4.78 is 43.8. The van der Waals surface area contributed by atoms with Crippen molar-refractivity contribution in [2.45, 2.75) is 32.4 Å². The van der Waals surface area contributed by atoms with Crippen LogP contribution in [0.25, 0.3) is 0 Å². The predicted octanol–water partition coefficient (Wildman–Crippen LogP) is 3.75. The van der Waals surface area contributed by atoms with E-state index in [1.54, 1.807) is 6.33 Å². The highest BCUT2D eigenvalue weighted by Crippen LogP contribution is 2.30. The number of alkyl halides is 3. The number of rotatable bonds is 5. The SMILES string of the molecule is CCc1cc(N2CCCC(COc3ccnc(C(F)(F)F)c3)C2)ncn1. The second kappa shape index (κ2) is 7.88. The molecule has 3 heterocycles. The molecule has 0 spiro atoms. The Morgan fingerprint density at radius 1 is 1.23 bits per heavy atom. The topological polar surface area (TPSA) is 51.1 Å². The lowest BCUT2D eigenvalue weighted by Gasteiger charge is -2.33. The average Bonchev–Trinajstić information content (AvgIpc) is 2.66. The number of piperidine rings is 1. The summed E-state index contributed by atoms with van der Waals surface area (Å²) in [6.45, 7) is 4.08. The molecular formula is C18H21F3N4O. The van der Waals surface area contributed by atoms with Crippen molar-refractivity contribution >= 4 is 5.82 Å². The third-order valence-corrected chi connectivity index (χ3v) is 4.42. The van der Waals surface area contributed by atoms with Gasteiger partial charge >= 0.3 is 6.18 Å². The summed E-state index contributed by atoms with van der Waals surface area (Å²) >= 11 is 0. The first kappa shape index (κ1) is 18.4. The fourth-order valence-corrected chi connectivity index (χ4v) is 3.03. The minimum Gasteiger partial charge on any atom is -0.493 e. The van der Waals surface area contributed by atoms with Gasteiger partial charge in [0.15, 0.2) is 0 Å². The highest BCUT2D eigenvalue weighted by atomic mass is 19.4. The molecule has 8 heteroatoms. The minimum atomic E-state index is -4.47. The first-order valence-corrected chi connectivity index (χ1v) is 8.67. The van der Waals surface area contributed by atoms with Gasteiger partial charge in [0.2, 0.25) is 0 Å². The summed E-state index contributed by atoms with van der Waals surface area (Å²) in [6, 6.07) is 4.38. The lowest BCUT2D eigenvalue weighted by atomic mass is 9.99. The van der Waals surface area contributed by atoms with Crippen LogP contribution in [0, 0.1) is 5.92 Å². The molecule has 1 unspecified atom stereocenters. The Bertz CT molecular complexity index is 738. The number of aryl methyl sites for hydroxylation is 1. The summed E-state index contributed by atoms with van der Waals surface area (Å²) in [5, 5.41) is 0. The standard InChI is InChI=1S/C18H21F3N4O/c1-2-14-8-17(24-12-23-14)25-7-3-4-13(10-25)11-26-15-5-6-22-16(9-15)18(19,20)21/h5-6,8-9,12-13H,2-4,7,10-11H2,1H3. The van der Waals surface area contributed by atoms with Crippen LogP contribution in [0.2, 0.25) is 0 Å². The summed E-state index contributed by atoms with van der Waals surface area (Å²) in [5.74, 6) is 1.32. The molecule has 0 N–H and O–H groups in total. The molecule has 2 aromatic rings. The number of hydrogen-bond donors (Lipinski definition) is 0. The van der Waals surface area contributed by atoms with Crippen molar-refractivity contribution in [3.8, 4) is 5.75 Å². The van der Waals surface area contributed by atoms with Crippen molar-refractivity contribution < 1.29 is 17.9 Å². The second-order valence-electron chi connectivity index (χ2n) is 6.36. The summed E-state index contributed by atoms with van der Waals surface area (Å²) in [6.07, 6.45) is 1.04. The van der Waals surface area contributed by atoms with Crippen LogP contribution < -0.4 is 9.64 Å². The molecule has 1 fully saturated rings. The molecule has 0 bridgehead atoms. The van der Waals surface area contributed by atoms with Gasteiger partial charge in [-0.1, -0.05) is 6.92 Å². The molecule has 0 aliphatic carbocycles. The minimum absolute atomic E-state index is 0.194. The maximum absolute atomic E-state index is 12.7. The zero-order valence-electron chi connectivity index (χ0n) is 14.5. The Balaban J connectivity index is 1.60. The van der Waals surface area contributed by atoms with Crippen LogP contribution in [-0.2, 0) is 12.6 Å². The Morgan fingerprint density at radius 3 is 2.85 bits per heavy atom. The van der Waals surface area contributed by atoms with Crippen molar-refractivity contribution in [1.29, 1.82) is 0 Å². The van der Waals surface area contributed by atoms with Crippen LogP contribution >= 0.6 is 0 Å². The largest absolute Gasteiger partial charge is 0.493 e. The maximum atomic E-state index is 12.7. The van der Waals surface area contributed by atoms with Crippen molar-refractivity contribution in [3.05, 3.63) is 42.1 Å². The zero-order valence-corrected chi connectivity index (χ0v) is 14.5. The second-order valence-corrected chi connectivity index (χ2v) is 6.36. The van der Waals surface area contributed by atoms with E-state index in [1.165, 1.54) is 6.07 Å². The quantitative estimate of drug-likeness (QED) is 0.807. The zero-order chi connectivity index (χ0) is 18.6. The van der Waals surface area contributed by atoms with E-state index >= 15 is 0 Å². The molecule has 5 nitrogen and oxygen atoms in total. The molecule has 2 aromatic heterocycles. The van der Waals surface area contributed by atoms with Crippen molar-refractivity contribution in [2.75, 3.05) is 24.6 Å². The Labute approximate surface area is 150 Å². The molecule has 140 valence electrons. The third kappa shape index (κ3) is 4.62. The average molecular weight is 366 g/mol. The van der Waals surface area contributed by atoms with Crippen LogP contribution in [0.1, 0.15) is 31.2 Å². The van der Waals surface area contributed by atoms with E-state index in [-0.39, 0.29) is 11.7 Å². The molecule has 1 aliphatic rings. The van der Waals surface area contributed by atoms with Crippen LogP contribution in [0.4, 0.5) is 19.0 Å². The van der Waals surface area contributed by atoms with E-state index < -0.39 is 11.9 Å². The Kier molecular flexibility index (Phi) is 5.58. The number of nitrogens with zero attached hydrogens (tertiary/aromatic N) is 4. The smallest absolute Gasteiger partial charge is 0.433 e. The monoisotopic (exact) mass is 366 g/mol. The fraction of sp³-hybridized carbons (Fsp3) is 0.500. The van der Waals surface area contributed by atoms with Gasteiger partial charge in [0.1, 0.15) is 23.6 Å². The highest BCUT2D eigenvalue weighted by Gasteiger charge is 2.32. The van der Waals surface area contributed by atoms with E-state index in [2.05, 4.69) is 19.9 Å². The molecule has 1 aliphatic heterocycles. The molecule has 0 amide bonds. The fourth-order valence-electron chi connectivity index (χ4n) is 3.03. The Morgan fingerprint density at radius 2 is 2.08 bits per heavy atom. The predicted molar refractivity (Wildman–Crippen MR) is 91.1 cm³/mol. The molecule has 1 saturated heterocycles. The van der Waals surface area contributed by atoms with Gasteiger partial charge in [-0.05, 0) is 25.3 Å². The van der Waals surface area contributed by atoms with E-state index in [0.29, 0.717) is 6.61 Å². The van der Waals surface area contributed by atoms with Crippen LogP contribution in [-0.4, -0.2) is 34.6 Å². The van der Waals surface area contributed by atoms with E-state index in [0.717, 1.165) is 56.1 Å². The molecule has 0 radical (unpaired) electrons. The highest BCUT2D eigenvalue weighted by molar-refractivity contribution is 5.39. The van der Waals surface area contributed by atoms with E-state index in [1.807, 2.05) is 13.0 Å². The van der Waals surface area contributed by atoms with Crippen molar-refractivity contribution in [2.24, 2.45) is 5.92 Å². The number of ether oxygens (including phenoxy) is 1. The molecule has 3 rings (SSSR count).